The fraction of sp³-hybridized carbons (Fsp3) is 0.625. The van der Waals surface area contributed by atoms with Gasteiger partial charge in [-0.1, -0.05) is 0 Å². The minimum absolute atomic E-state index is 0.227. The van der Waals surface area contributed by atoms with Crippen molar-refractivity contribution in [3.63, 3.8) is 0 Å². The number of allylic oxidation sites excluding steroid dienone is 2. The lowest BCUT2D eigenvalue weighted by molar-refractivity contribution is -0.114. The Bertz CT molecular complexity index is 175. The van der Waals surface area contributed by atoms with Crippen LogP contribution in [-0.4, -0.2) is 26.0 Å². The van der Waals surface area contributed by atoms with Crippen molar-refractivity contribution in [1.29, 1.82) is 0 Å². The minimum Gasteiger partial charge on any atom is -0.386 e. The smallest absolute Gasteiger partial charge is 0.157 e. The van der Waals surface area contributed by atoms with Crippen LogP contribution in [0.3, 0.4) is 0 Å². The van der Waals surface area contributed by atoms with E-state index in [9.17, 15) is 4.79 Å². The molecule has 0 radical (unpaired) electrons. The van der Waals surface area contributed by atoms with E-state index in [1.807, 2.05) is 0 Å². The Balaban J connectivity index is 2.17. The van der Waals surface area contributed by atoms with Crippen LogP contribution in [0.5, 0.6) is 0 Å². The van der Waals surface area contributed by atoms with Crippen molar-refractivity contribution in [3.8, 4) is 0 Å². The van der Waals surface area contributed by atoms with Gasteiger partial charge in [0, 0.05) is 31.8 Å². The minimum atomic E-state index is 0.227. The maximum absolute atomic E-state index is 10.7. The van der Waals surface area contributed by atoms with E-state index in [1.165, 1.54) is 0 Å². The zero-order valence-corrected chi connectivity index (χ0v) is 6.72. The van der Waals surface area contributed by atoms with Crippen molar-refractivity contribution in [1.82, 2.24) is 5.32 Å². The Kier molecular flexibility index (Phi) is 3.11. The number of hydrogen-bond donors (Lipinski definition) is 1. The van der Waals surface area contributed by atoms with E-state index in [2.05, 4.69) is 5.32 Å². The second-order valence-corrected chi connectivity index (χ2v) is 2.56. The van der Waals surface area contributed by atoms with E-state index < -0.39 is 0 Å². The summed E-state index contributed by atoms with van der Waals surface area (Å²) in [7, 11) is 1.66. The molecule has 0 aromatic carbocycles. The maximum atomic E-state index is 10.7. The molecule has 3 nitrogen and oxygen atoms in total. The standard InChI is InChI=1S/C8H13NO2/c1-11-5-4-9-7-2-3-8(10)6-7/h6,9H,2-5H2,1H3. The van der Waals surface area contributed by atoms with Crippen LogP contribution in [0.2, 0.25) is 0 Å². The Hall–Kier alpha value is -0.830. The third kappa shape index (κ3) is 2.72. The van der Waals surface area contributed by atoms with E-state index in [4.69, 9.17) is 4.74 Å². The summed E-state index contributed by atoms with van der Waals surface area (Å²) in [6.45, 7) is 1.47. The number of nitrogens with one attached hydrogen (secondary N) is 1. The molecular formula is C8H13NO2. The first-order chi connectivity index (χ1) is 5.33. The van der Waals surface area contributed by atoms with Gasteiger partial charge in [0.2, 0.25) is 0 Å². The van der Waals surface area contributed by atoms with Gasteiger partial charge in [0.15, 0.2) is 5.78 Å². The summed E-state index contributed by atoms with van der Waals surface area (Å²) in [5, 5.41) is 3.13. The molecule has 0 saturated carbocycles. The highest BCUT2D eigenvalue weighted by Crippen LogP contribution is 2.10. The maximum Gasteiger partial charge on any atom is 0.157 e. The highest BCUT2D eigenvalue weighted by molar-refractivity contribution is 5.92. The number of rotatable bonds is 4. The van der Waals surface area contributed by atoms with Gasteiger partial charge in [-0.25, -0.2) is 0 Å². The van der Waals surface area contributed by atoms with Crippen LogP contribution < -0.4 is 5.32 Å². The largest absolute Gasteiger partial charge is 0.386 e. The molecule has 1 aliphatic carbocycles. The van der Waals surface area contributed by atoms with Gasteiger partial charge >= 0.3 is 0 Å². The second-order valence-electron chi connectivity index (χ2n) is 2.56. The summed E-state index contributed by atoms with van der Waals surface area (Å²) in [6.07, 6.45) is 3.20. The Morgan fingerprint density at radius 2 is 2.45 bits per heavy atom. The molecule has 0 amide bonds. The first kappa shape index (κ1) is 8.27. The molecule has 0 aliphatic heterocycles. The summed E-state index contributed by atoms with van der Waals surface area (Å²) < 4.78 is 4.85. The predicted molar refractivity (Wildman–Crippen MR) is 42.2 cm³/mol. The lowest BCUT2D eigenvalue weighted by Gasteiger charge is -2.04. The molecule has 0 saturated heterocycles. The van der Waals surface area contributed by atoms with Gasteiger partial charge < -0.3 is 10.1 Å². The van der Waals surface area contributed by atoms with Crippen LogP contribution in [0.15, 0.2) is 11.8 Å². The summed E-state index contributed by atoms with van der Waals surface area (Å²) in [5.74, 6) is 0.227. The van der Waals surface area contributed by atoms with Crippen LogP contribution >= 0.6 is 0 Å². The molecule has 1 N–H and O–H groups in total. The van der Waals surface area contributed by atoms with Crippen molar-refractivity contribution in [2.24, 2.45) is 0 Å². The lowest BCUT2D eigenvalue weighted by Crippen LogP contribution is -2.17. The van der Waals surface area contributed by atoms with Gasteiger partial charge in [-0.05, 0) is 6.42 Å². The molecule has 0 heterocycles. The third-order valence-electron chi connectivity index (χ3n) is 1.63. The summed E-state index contributed by atoms with van der Waals surface area (Å²) >= 11 is 0. The fourth-order valence-corrected chi connectivity index (χ4v) is 1.05. The van der Waals surface area contributed by atoms with Crippen molar-refractivity contribution in [2.75, 3.05) is 20.3 Å². The zero-order chi connectivity index (χ0) is 8.10. The summed E-state index contributed by atoms with van der Waals surface area (Å²) in [4.78, 5) is 10.7. The number of carbonyl (C=O) groups is 1. The van der Waals surface area contributed by atoms with Crippen LogP contribution in [-0.2, 0) is 9.53 Å². The number of carbonyl (C=O) groups excluding carboxylic acids is 1. The SMILES string of the molecule is COCCNC1=CC(=O)CC1. The molecule has 0 aromatic heterocycles. The van der Waals surface area contributed by atoms with Crippen molar-refractivity contribution in [2.45, 2.75) is 12.8 Å². The molecule has 1 rings (SSSR count). The second kappa shape index (κ2) is 4.13. The van der Waals surface area contributed by atoms with Gasteiger partial charge in [-0.3, -0.25) is 4.79 Å². The number of methoxy groups -OCH3 is 1. The molecule has 62 valence electrons. The van der Waals surface area contributed by atoms with Gasteiger partial charge in [-0.2, -0.15) is 0 Å². The van der Waals surface area contributed by atoms with Crippen molar-refractivity contribution < 1.29 is 9.53 Å². The zero-order valence-electron chi connectivity index (χ0n) is 6.72. The van der Waals surface area contributed by atoms with Crippen molar-refractivity contribution >= 4 is 5.78 Å². The first-order valence-electron chi connectivity index (χ1n) is 3.79. The van der Waals surface area contributed by atoms with E-state index in [1.54, 1.807) is 13.2 Å². The molecule has 0 atom stereocenters. The lowest BCUT2D eigenvalue weighted by atomic mass is 10.3. The molecule has 1 aliphatic rings. The van der Waals surface area contributed by atoms with E-state index >= 15 is 0 Å². The van der Waals surface area contributed by atoms with E-state index in [0.717, 1.165) is 18.7 Å². The molecule has 0 bridgehead atoms. The number of hydrogen-bond acceptors (Lipinski definition) is 3. The monoisotopic (exact) mass is 155 g/mol. The first-order valence-corrected chi connectivity index (χ1v) is 3.79. The highest BCUT2D eigenvalue weighted by atomic mass is 16.5. The van der Waals surface area contributed by atoms with Crippen LogP contribution in [0.25, 0.3) is 0 Å². The normalized spacial score (nSPS) is 16.8. The van der Waals surface area contributed by atoms with Gasteiger partial charge in [0.05, 0.1) is 6.61 Å². The number of ketones is 1. The highest BCUT2D eigenvalue weighted by Gasteiger charge is 2.10. The topological polar surface area (TPSA) is 38.3 Å². The Morgan fingerprint density at radius 1 is 1.64 bits per heavy atom. The average Bonchev–Trinajstić information content (AvgIpc) is 2.37. The number of ether oxygens (including phenoxy) is 1. The Labute approximate surface area is 66.4 Å². The molecule has 0 aromatic rings. The molecule has 0 spiro atoms. The average molecular weight is 155 g/mol. The van der Waals surface area contributed by atoms with Gasteiger partial charge in [-0.15, -0.1) is 0 Å². The quantitative estimate of drug-likeness (QED) is 0.600. The Morgan fingerprint density at radius 3 is 3.00 bits per heavy atom. The van der Waals surface area contributed by atoms with Crippen LogP contribution in [0, 0.1) is 0 Å². The molecule has 3 heteroatoms. The summed E-state index contributed by atoms with van der Waals surface area (Å²) in [6, 6.07) is 0. The molecular weight excluding hydrogens is 142 g/mol. The van der Waals surface area contributed by atoms with Crippen molar-refractivity contribution in [3.05, 3.63) is 11.8 Å². The van der Waals surface area contributed by atoms with E-state index in [-0.39, 0.29) is 5.78 Å². The summed E-state index contributed by atoms with van der Waals surface area (Å²) in [5.41, 5.74) is 1.05. The molecule has 0 unspecified atom stereocenters. The van der Waals surface area contributed by atoms with Gasteiger partial charge in [0.25, 0.3) is 0 Å². The predicted octanol–water partition coefficient (Wildman–Crippen LogP) is 0.469. The molecule has 0 fully saturated rings. The third-order valence-corrected chi connectivity index (χ3v) is 1.63. The fourth-order valence-electron chi connectivity index (χ4n) is 1.05. The van der Waals surface area contributed by atoms with Crippen LogP contribution in [0.4, 0.5) is 0 Å². The van der Waals surface area contributed by atoms with Crippen LogP contribution in [0.1, 0.15) is 12.8 Å². The molecule has 11 heavy (non-hydrogen) atoms. The van der Waals surface area contributed by atoms with Gasteiger partial charge in [0.1, 0.15) is 0 Å². The van der Waals surface area contributed by atoms with E-state index in [0.29, 0.717) is 13.0 Å².